The van der Waals surface area contributed by atoms with Crippen LogP contribution in [0.5, 0.6) is 0 Å². The predicted molar refractivity (Wildman–Crippen MR) is 47.5 cm³/mol. The van der Waals surface area contributed by atoms with E-state index in [0.29, 0.717) is 0 Å². The molecule has 0 bridgehead atoms. The zero-order valence-corrected chi connectivity index (χ0v) is 8.52. The minimum Gasteiger partial charge on any atom is -0.217 e. The third-order valence-corrected chi connectivity index (χ3v) is 2.39. The Balaban J connectivity index is 4.00. The second kappa shape index (κ2) is 3.55. The van der Waals surface area contributed by atoms with Gasteiger partial charge in [0, 0.05) is 0 Å². The summed E-state index contributed by atoms with van der Waals surface area (Å²) in [6.45, 7) is 9.16. The van der Waals surface area contributed by atoms with Crippen molar-refractivity contribution in [2.45, 2.75) is 46.1 Å². The van der Waals surface area contributed by atoms with Gasteiger partial charge in [-0.15, -0.1) is 0 Å². The van der Waals surface area contributed by atoms with Gasteiger partial charge in [-0.2, -0.15) is 4.65 Å². The van der Waals surface area contributed by atoms with Crippen molar-refractivity contribution in [1.29, 1.82) is 0 Å². The average molecular weight is 160 g/mol. The van der Waals surface area contributed by atoms with Crippen LogP contribution in [0.4, 0.5) is 0 Å². The molecular weight excluding hydrogens is 138 g/mol. The number of rotatable bonds is 3. The molecule has 0 aliphatic carbocycles. The van der Waals surface area contributed by atoms with Gasteiger partial charge in [-0.1, -0.05) is 13.3 Å². The van der Waals surface area contributed by atoms with Crippen molar-refractivity contribution in [2.75, 3.05) is 13.6 Å². The third kappa shape index (κ3) is 3.21. The molecule has 68 valence electrons. The van der Waals surface area contributed by atoms with E-state index >= 15 is 0 Å². The highest BCUT2D eigenvalue weighted by atomic mass is 16.5. The fraction of sp³-hybridized carbons (Fsp3) is 1.00. The minimum absolute atomic E-state index is 0.0603. The van der Waals surface area contributed by atoms with Gasteiger partial charge in [-0.3, -0.25) is 0 Å². The first-order chi connectivity index (χ1) is 4.81. The van der Waals surface area contributed by atoms with E-state index in [1.165, 1.54) is 0 Å². The van der Waals surface area contributed by atoms with Crippen molar-refractivity contribution in [3.63, 3.8) is 0 Å². The summed E-state index contributed by atoms with van der Waals surface area (Å²) in [4.78, 5) is 0. The summed E-state index contributed by atoms with van der Waals surface area (Å²) in [5, 5.41) is 9.92. The average Bonchev–Trinajstić information content (AvgIpc) is 1.81. The van der Waals surface area contributed by atoms with Crippen molar-refractivity contribution in [1.82, 2.24) is 0 Å². The Labute approximate surface area is 70.4 Å². The summed E-state index contributed by atoms with van der Waals surface area (Å²) in [5.74, 6) is 0. The first kappa shape index (κ1) is 10.9. The monoisotopic (exact) mass is 160 g/mol. The lowest BCUT2D eigenvalue weighted by Crippen LogP contribution is -2.55. The van der Waals surface area contributed by atoms with Crippen molar-refractivity contribution < 1.29 is 9.85 Å². The van der Waals surface area contributed by atoms with Crippen molar-refractivity contribution in [2.24, 2.45) is 0 Å². The molecule has 0 saturated heterocycles. The molecule has 0 aliphatic heterocycles. The van der Waals surface area contributed by atoms with Crippen LogP contribution in [-0.4, -0.2) is 29.0 Å². The number of quaternary nitrogens is 1. The first-order valence-corrected chi connectivity index (χ1v) is 4.39. The van der Waals surface area contributed by atoms with Gasteiger partial charge >= 0.3 is 0 Å². The van der Waals surface area contributed by atoms with Crippen LogP contribution in [0.1, 0.15) is 40.5 Å². The minimum atomic E-state index is -0.0603. The molecule has 0 heterocycles. The van der Waals surface area contributed by atoms with Crippen LogP contribution in [0.15, 0.2) is 0 Å². The topological polar surface area (TPSA) is 20.2 Å². The highest BCUT2D eigenvalue weighted by Crippen LogP contribution is 2.19. The fourth-order valence-corrected chi connectivity index (χ4v) is 0.801. The molecule has 0 amide bonds. The van der Waals surface area contributed by atoms with E-state index in [9.17, 15) is 5.21 Å². The Morgan fingerprint density at radius 3 is 2.00 bits per heavy atom. The molecule has 2 heteroatoms. The van der Waals surface area contributed by atoms with Crippen LogP contribution < -0.4 is 0 Å². The van der Waals surface area contributed by atoms with E-state index in [1.807, 2.05) is 7.05 Å². The quantitative estimate of drug-likeness (QED) is 0.496. The van der Waals surface area contributed by atoms with Gasteiger partial charge in [0.1, 0.15) is 12.1 Å². The molecule has 11 heavy (non-hydrogen) atoms. The fourth-order valence-electron chi connectivity index (χ4n) is 0.801. The first-order valence-electron chi connectivity index (χ1n) is 4.39. The smallest absolute Gasteiger partial charge is 0.120 e. The summed E-state index contributed by atoms with van der Waals surface area (Å²) in [6, 6.07) is 0. The van der Waals surface area contributed by atoms with Crippen LogP contribution in [0.2, 0.25) is 0 Å². The van der Waals surface area contributed by atoms with Gasteiger partial charge < -0.3 is 0 Å². The Bertz CT molecular complexity index is 113. The van der Waals surface area contributed by atoms with Crippen LogP contribution in [0.25, 0.3) is 0 Å². The second-order valence-electron chi connectivity index (χ2n) is 4.39. The van der Waals surface area contributed by atoms with E-state index in [-0.39, 0.29) is 10.2 Å². The van der Waals surface area contributed by atoms with E-state index < -0.39 is 0 Å². The highest BCUT2D eigenvalue weighted by molar-refractivity contribution is 4.57. The van der Waals surface area contributed by atoms with E-state index in [2.05, 4.69) is 27.7 Å². The summed E-state index contributed by atoms with van der Waals surface area (Å²) >= 11 is 0. The molecule has 0 aliphatic rings. The van der Waals surface area contributed by atoms with E-state index in [0.717, 1.165) is 19.4 Å². The largest absolute Gasteiger partial charge is 0.217 e. The van der Waals surface area contributed by atoms with E-state index in [4.69, 9.17) is 0 Å². The predicted octanol–water partition coefficient (Wildman–Crippen LogP) is 2.42. The van der Waals surface area contributed by atoms with Crippen molar-refractivity contribution >= 4 is 0 Å². The molecular formula is C9H22NO+. The molecule has 1 N–H and O–H groups in total. The maximum absolute atomic E-state index is 9.92. The van der Waals surface area contributed by atoms with Gasteiger partial charge in [0.2, 0.25) is 0 Å². The molecule has 0 rings (SSSR count). The lowest BCUT2D eigenvalue weighted by Gasteiger charge is -2.37. The van der Waals surface area contributed by atoms with E-state index in [1.54, 1.807) is 0 Å². The SMILES string of the molecule is CCCC[N+](C)(O)C(C)(C)C. The summed E-state index contributed by atoms with van der Waals surface area (Å²) < 4.78 is 0.126. The van der Waals surface area contributed by atoms with Crippen LogP contribution >= 0.6 is 0 Å². The van der Waals surface area contributed by atoms with Crippen LogP contribution in [0.3, 0.4) is 0 Å². The number of unbranched alkanes of at least 4 members (excludes halogenated alkanes) is 1. The van der Waals surface area contributed by atoms with Crippen molar-refractivity contribution in [3.8, 4) is 0 Å². The van der Waals surface area contributed by atoms with Gasteiger partial charge in [-0.05, 0) is 27.2 Å². The Hall–Kier alpha value is -0.0800. The molecule has 1 atom stereocenters. The molecule has 0 radical (unpaired) electrons. The molecule has 2 nitrogen and oxygen atoms in total. The van der Waals surface area contributed by atoms with Gasteiger partial charge in [-0.25, -0.2) is 5.21 Å². The standard InChI is InChI=1S/C9H22NO/c1-6-7-8-10(5,11)9(2,3)4/h11H,6-8H2,1-5H3/q+1. The molecule has 1 unspecified atom stereocenters. The van der Waals surface area contributed by atoms with Gasteiger partial charge in [0.05, 0.1) is 7.05 Å². The molecule has 0 aromatic rings. The zero-order valence-electron chi connectivity index (χ0n) is 8.52. The second-order valence-corrected chi connectivity index (χ2v) is 4.39. The van der Waals surface area contributed by atoms with Crippen LogP contribution in [0, 0.1) is 0 Å². The van der Waals surface area contributed by atoms with Gasteiger partial charge in [0.15, 0.2) is 0 Å². The summed E-state index contributed by atoms with van der Waals surface area (Å²) in [6.07, 6.45) is 2.23. The third-order valence-electron chi connectivity index (χ3n) is 2.39. The van der Waals surface area contributed by atoms with Crippen molar-refractivity contribution in [3.05, 3.63) is 0 Å². The zero-order chi connectivity index (χ0) is 9.12. The number of hydroxylamine groups is 3. The Morgan fingerprint density at radius 1 is 1.27 bits per heavy atom. The van der Waals surface area contributed by atoms with Gasteiger partial charge in [0.25, 0.3) is 0 Å². The normalized spacial score (nSPS) is 18.0. The molecule has 0 fully saturated rings. The molecule has 0 saturated carbocycles. The number of hydrogen-bond acceptors (Lipinski definition) is 1. The Morgan fingerprint density at radius 2 is 1.73 bits per heavy atom. The highest BCUT2D eigenvalue weighted by Gasteiger charge is 2.34. The molecule has 0 spiro atoms. The van der Waals surface area contributed by atoms with Crippen LogP contribution in [-0.2, 0) is 0 Å². The summed E-state index contributed by atoms with van der Waals surface area (Å²) in [7, 11) is 1.87. The number of hydrogen-bond donors (Lipinski definition) is 1. The number of nitrogens with zero attached hydrogens (tertiary/aromatic N) is 1. The summed E-state index contributed by atoms with van der Waals surface area (Å²) in [5.41, 5.74) is -0.0603. The lowest BCUT2D eigenvalue weighted by atomic mass is 10.1. The molecule has 0 aromatic carbocycles. The Kier molecular flexibility index (Phi) is 3.52. The molecule has 0 aromatic heterocycles. The lowest BCUT2D eigenvalue weighted by molar-refractivity contribution is -1.12. The maximum Gasteiger partial charge on any atom is 0.120 e. The maximum atomic E-state index is 9.92.